The Kier molecular flexibility index (Phi) is 4.69. The van der Waals surface area contributed by atoms with Crippen molar-refractivity contribution in [2.24, 2.45) is 0 Å². The lowest BCUT2D eigenvalue weighted by Crippen LogP contribution is -1.96. The molecular formula is C23H19FN2OS. The second-order valence-electron chi connectivity index (χ2n) is 6.84. The highest BCUT2D eigenvalue weighted by molar-refractivity contribution is 7.17. The molecule has 2 heterocycles. The van der Waals surface area contributed by atoms with Gasteiger partial charge in [-0.15, -0.1) is 11.3 Å². The third-order valence-corrected chi connectivity index (χ3v) is 5.68. The molecule has 0 N–H and O–H groups in total. The summed E-state index contributed by atoms with van der Waals surface area (Å²) in [5.74, 6) is -0.349. The van der Waals surface area contributed by atoms with E-state index in [1.165, 1.54) is 12.1 Å². The Balaban J connectivity index is 1.77. The first-order valence-electron chi connectivity index (χ1n) is 8.96. The predicted octanol–water partition coefficient (Wildman–Crippen LogP) is 6.02. The van der Waals surface area contributed by atoms with E-state index in [4.69, 9.17) is 4.98 Å². The van der Waals surface area contributed by atoms with Crippen LogP contribution in [0.2, 0.25) is 0 Å². The van der Waals surface area contributed by atoms with Gasteiger partial charge in [0.2, 0.25) is 0 Å². The molecule has 3 nitrogen and oxygen atoms in total. The van der Waals surface area contributed by atoms with Gasteiger partial charge in [0.15, 0.2) is 10.7 Å². The van der Waals surface area contributed by atoms with Gasteiger partial charge in [0.1, 0.15) is 5.82 Å². The van der Waals surface area contributed by atoms with Crippen LogP contribution in [-0.2, 0) is 0 Å². The molecule has 0 fully saturated rings. The molecule has 140 valence electrons. The number of rotatable bonds is 4. The minimum atomic E-state index is -0.289. The fraction of sp³-hybridized carbons (Fsp3) is 0.130. The molecule has 4 rings (SSSR count). The molecule has 4 aromatic rings. The molecule has 0 aliphatic carbocycles. The number of benzene rings is 2. The summed E-state index contributed by atoms with van der Waals surface area (Å²) in [6.45, 7) is 6.04. The van der Waals surface area contributed by atoms with Crippen LogP contribution in [0, 0.1) is 26.6 Å². The standard InChI is InChI=1S/C23H19FN2OS/c1-14-4-5-18(12-15(14)2)21(27)11-10-20-22(17-6-8-19(24)9-7-17)25-23-26(20)13-16(3)28-23/h4-13H,1-3H3. The number of hydrogen-bond donors (Lipinski definition) is 0. The van der Waals surface area contributed by atoms with Crippen molar-refractivity contribution < 1.29 is 9.18 Å². The number of carbonyl (C=O) groups is 1. The maximum Gasteiger partial charge on any atom is 0.194 e. The molecule has 0 radical (unpaired) electrons. The number of thiazole rings is 1. The molecule has 2 aromatic heterocycles. The molecule has 0 bridgehead atoms. The lowest BCUT2D eigenvalue weighted by Gasteiger charge is -2.03. The monoisotopic (exact) mass is 390 g/mol. The van der Waals surface area contributed by atoms with Gasteiger partial charge in [-0.1, -0.05) is 12.1 Å². The molecule has 28 heavy (non-hydrogen) atoms. The summed E-state index contributed by atoms with van der Waals surface area (Å²) in [5.41, 5.74) is 5.26. The number of imidazole rings is 1. The Labute approximate surface area is 166 Å². The second-order valence-corrected chi connectivity index (χ2v) is 8.06. The normalized spacial score (nSPS) is 11.6. The zero-order valence-electron chi connectivity index (χ0n) is 15.9. The number of hydrogen-bond acceptors (Lipinski definition) is 3. The summed E-state index contributed by atoms with van der Waals surface area (Å²) in [4.78, 5) is 19.4. The van der Waals surface area contributed by atoms with Crippen molar-refractivity contribution in [3.8, 4) is 11.3 Å². The van der Waals surface area contributed by atoms with Crippen LogP contribution in [0.15, 0.2) is 54.7 Å². The Morgan fingerprint density at radius 2 is 1.82 bits per heavy atom. The minimum Gasteiger partial charge on any atom is -0.290 e. The fourth-order valence-electron chi connectivity index (χ4n) is 3.10. The van der Waals surface area contributed by atoms with Crippen molar-refractivity contribution in [3.63, 3.8) is 0 Å². The van der Waals surface area contributed by atoms with Gasteiger partial charge in [0.05, 0.1) is 11.4 Å². The second kappa shape index (κ2) is 7.17. The van der Waals surface area contributed by atoms with Crippen LogP contribution >= 0.6 is 11.3 Å². The van der Waals surface area contributed by atoms with Crippen molar-refractivity contribution in [1.82, 2.24) is 9.38 Å². The van der Waals surface area contributed by atoms with Crippen molar-refractivity contribution in [2.45, 2.75) is 20.8 Å². The van der Waals surface area contributed by atoms with Crippen LogP contribution in [-0.4, -0.2) is 15.2 Å². The Morgan fingerprint density at radius 3 is 2.54 bits per heavy atom. The average Bonchev–Trinajstić information content (AvgIpc) is 3.18. The van der Waals surface area contributed by atoms with E-state index in [9.17, 15) is 9.18 Å². The first-order valence-corrected chi connectivity index (χ1v) is 9.78. The number of fused-ring (bicyclic) bond motifs is 1. The highest BCUT2D eigenvalue weighted by Gasteiger charge is 2.15. The van der Waals surface area contributed by atoms with Crippen LogP contribution in [0.25, 0.3) is 22.3 Å². The molecule has 0 saturated heterocycles. The summed E-state index contributed by atoms with van der Waals surface area (Å²) in [5, 5.41) is 0. The summed E-state index contributed by atoms with van der Waals surface area (Å²) < 4.78 is 15.3. The van der Waals surface area contributed by atoms with Crippen molar-refractivity contribution in [1.29, 1.82) is 0 Å². The van der Waals surface area contributed by atoms with Crippen LogP contribution in [0.3, 0.4) is 0 Å². The molecular weight excluding hydrogens is 371 g/mol. The Morgan fingerprint density at radius 1 is 1.07 bits per heavy atom. The zero-order chi connectivity index (χ0) is 19.8. The van der Waals surface area contributed by atoms with E-state index in [1.807, 2.05) is 49.6 Å². The molecule has 0 atom stereocenters. The molecule has 0 saturated carbocycles. The number of aromatic nitrogens is 2. The molecule has 5 heteroatoms. The Hall–Kier alpha value is -3.05. The van der Waals surface area contributed by atoms with Gasteiger partial charge >= 0.3 is 0 Å². The van der Waals surface area contributed by atoms with E-state index in [0.717, 1.165) is 37.9 Å². The van der Waals surface area contributed by atoms with Crippen molar-refractivity contribution >= 4 is 28.2 Å². The number of ketones is 1. The number of carbonyl (C=O) groups excluding carboxylic acids is 1. The van der Waals surface area contributed by atoms with Gasteiger partial charge in [0, 0.05) is 22.2 Å². The van der Waals surface area contributed by atoms with Crippen LogP contribution in [0.5, 0.6) is 0 Å². The van der Waals surface area contributed by atoms with Gasteiger partial charge in [-0.3, -0.25) is 9.20 Å². The first-order chi connectivity index (χ1) is 13.4. The van der Waals surface area contributed by atoms with Crippen molar-refractivity contribution in [2.75, 3.05) is 0 Å². The minimum absolute atomic E-state index is 0.0601. The number of allylic oxidation sites excluding steroid dienone is 1. The quantitative estimate of drug-likeness (QED) is 0.315. The maximum atomic E-state index is 13.3. The molecule has 0 spiro atoms. The van der Waals surface area contributed by atoms with E-state index < -0.39 is 0 Å². The largest absolute Gasteiger partial charge is 0.290 e. The zero-order valence-corrected chi connectivity index (χ0v) is 16.7. The molecule has 0 unspecified atom stereocenters. The van der Waals surface area contributed by atoms with E-state index in [2.05, 4.69) is 0 Å². The fourth-order valence-corrected chi connectivity index (χ4v) is 3.93. The van der Waals surface area contributed by atoms with E-state index in [0.29, 0.717) is 5.56 Å². The van der Waals surface area contributed by atoms with Gasteiger partial charge in [0.25, 0.3) is 0 Å². The first kappa shape index (κ1) is 18.3. The summed E-state index contributed by atoms with van der Waals surface area (Å²) in [6, 6.07) is 12.0. The predicted molar refractivity (Wildman–Crippen MR) is 112 cm³/mol. The van der Waals surface area contributed by atoms with Crippen LogP contribution in [0.1, 0.15) is 32.1 Å². The van der Waals surface area contributed by atoms with Gasteiger partial charge < -0.3 is 0 Å². The van der Waals surface area contributed by atoms with E-state index in [1.54, 1.807) is 35.6 Å². The van der Waals surface area contributed by atoms with Crippen molar-refractivity contribution in [3.05, 3.63) is 87.8 Å². The third-order valence-electron chi connectivity index (χ3n) is 4.78. The third kappa shape index (κ3) is 3.41. The lowest BCUT2D eigenvalue weighted by molar-refractivity contribution is 0.104. The molecule has 0 aliphatic heterocycles. The molecule has 0 amide bonds. The van der Waals surface area contributed by atoms with Gasteiger partial charge in [-0.05, 0) is 74.4 Å². The maximum absolute atomic E-state index is 13.3. The van der Waals surface area contributed by atoms with Crippen LogP contribution < -0.4 is 0 Å². The van der Waals surface area contributed by atoms with Gasteiger partial charge in [-0.2, -0.15) is 0 Å². The Bertz CT molecular complexity index is 1220. The highest BCUT2D eigenvalue weighted by Crippen LogP contribution is 2.29. The smallest absolute Gasteiger partial charge is 0.194 e. The number of aryl methyl sites for hydroxylation is 3. The summed E-state index contributed by atoms with van der Waals surface area (Å²) >= 11 is 1.58. The highest BCUT2D eigenvalue weighted by atomic mass is 32.1. The topological polar surface area (TPSA) is 34.4 Å². The lowest BCUT2D eigenvalue weighted by atomic mass is 10.0. The summed E-state index contributed by atoms with van der Waals surface area (Å²) in [7, 11) is 0. The van der Waals surface area contributed by atoms with E-state index >= 15 is 0 Å². The average molecular weight is 390 g/mol. The molecule has 0 aliphatic rings. The number of halogens is 1. The SMILES string of the molecule is Cc1cn2c(C=CC(=O)c3ccc(C)c(C)c3)c(-c3ccc(F)cc3)nc2s1. The van der Waals surface area contributed by atoms with E-state index in [-0.39, 0.29) is 11.6 Å². The number of nitrogens with zero attached hydrogens (tertiary/aromatic N) is 2. The molecule has 2 aromatic carbocycles. The van der Waals surface area contributed by atoms with Gasteiger partial charge in [-0.25, -0.2) is 9.37 Å². The van der Waals surface area contributed by atoms with Crippen LogP contribution in [0.4, 0.5) is 4.39 Å². The summed E-state index contributed by atoms with van der Waals surface area (Å²) in [6.07, 6.45) is 5.37.